The van der Waals surface area contributed by atoms with Crippen molar-refractivity contribution in [3.8, 4) is 11.5 Å². The van der Waals surface area contributed by atoms with E-state index in [0.29, 0.717) is 11.3 Å². The molecule has 7 nitrogen and oxygen atoms in total. The molecule has 0 aromatic heterocycles. The molecule has 4 rings (SSSR count). The lowest BCUT2D eigenvalue weighted by atomic mass is 10.1. The monoisotopic (exact) mass is 450 g/mol. The first kappa shape index (κ1) is 21.8. The fourth-order valence-corrected chi connectivity index (χ4v) is 3.23. The molecule has 2 amide bonds. The highest BCUT2D eigenvalue weighted by Gasteiger charge is 2.44. The third-order valence-corrected chi connectivity index (χ3v) is 4.69. The first-order chi connectivity index (χ1) is 14.9. The van der Waals surface area contributed by atoms with Gasteiger partial charge in [0.2, 0.25) is 0 Å². The maximum absolute atomic E-state index is 14.0. The van der Waals surface area contributed by atoms with Gasteiger partial charge in [0.1, 0.15) is 11.4 Å². The van der Waals surface area contributed by atoms with Gasteiger partial charge in [-0.1, -0.05) is 0 Å². The molecule has 0 radical (unpaired) electrons. The molecule has 2 N–H and O–H groups in total. The van der Waals surface area contributed by atoms with E-state index < -0.39 is 23.9 Å². The standard InChI is InChI=1S/C22H21F3N2O5/c1-21(2,3)32-20(29)27-16-10-18-17(30-22(24,25)31-18)9-14(16)19(28)26-12-6-7-15(23)13(8-12)11-4-5-11/h6-11H,4-5H2,1-3H3,(H,26,28)(H,27,29). The van der Waals surface area contributed by atoms with Crippen molar-refractivity contribution in [2.24, 2.45) is 0 Å². The Morgan fingerprint density at radius 1 is 1.06 bits per heavy atom. The van der Waals surface area contributed by atoms with Gasteiger partial charge in [0.25, 0.3) is 5.91 Å². The van der Waals surface area contributed by atoms with E-state index >= 15 is 0 Å². The third kappa shape index (κ3) is 4.90. The highest BCUT2D eigenvalue weighted by Crippen LogP contribution is 2.44. The number of amides is 2. The van der Waals surface area contributed by atoms with E-state index in [1.165, 1.54) is 18.2 Å². The molecule has 1 fully saturated rings. The second-order valence-corrected chi connectivity index (χ2v) is 8.60. The molecular formula is C22H21F3N2O5. The number of ether oxygens (including phenoxy) is 3. The Hall–Kier alpha value is -3.43. The average molecular weight is 450 g/mol. The zero-order chi connectivity index (χ0) is 23.3. The van der Waals surface area contributed by atoms with E-state index in [4.69, 9.17) is 4.74 Å². The van der Waals surface area contributed by atoms with Crippen molar-refractivity contribution in [2.75, 3.05) is 10.6 Å². The van der Waals surface area contributed by atoms with Crippen LogP contribution in [-0.2, 0) is 4.74 Å². The fourth-order valence-electron chi connectivity index (χ4n) is 3.23. The molecule has 170 valence electrons. The van der Waals surface area contributed by atoms with Gasteiger partial charge in [0, 0.05) is 11.8 Å². The van der Waals surface area contributed by atoms with Crippen molar-refractivity contribution in [3.63, 3.8) is 0 Å². The van der Waals surface area contributed by atoms with Crippen molar-refractivity contribution >= 4 is 23.4 Å². The molecule has 2 aromatic carbocycles. The summed E-state index contributed by atoms with van der Waals surface area (Å²) in [4.78, 5) is 25.2. The van der Waals surface area contributed by atoms with Gasteiger partial charge in [0.05, 0.1) is 11.3 Å². The Kier molecular flexibility index (Phi) is 5.18. The van der Waals surface area contributed by atoms with Crippen LogP contribution in [0.25, 0.3) is 0 Å². The zero-order valence-corrected chi connectivity index (χ0v) is 17.6. The first-order valence-electron chi connectivity index (χ1n) is 9.95. The minimum atomic E-state index is -3.91. The molecule has 0 unspecified atom stereocenters. The Labute approximate surface area is 181 Å². The number of halogens is 3. The number of hydrogen-bond donors (Lipinski definition) is 2. The summed E-state index contributed by atoms with van der Waals surface area (Å²) < 4.78 is 55.0. The van der Waals surface area contributed by atoms with Crippen LogP contribution in [0, 0.1) is 5.82 Å². The highest BCUT2D eigenvalue weighted by molar-refractivity contribution is 6.10. The number of alkyl halides is 2. The average Bonchev–Trinajstić information content (AvgIpc) is 3.43. The van der Waals surface area contributed by atoms with Crippen LogP contribution in [0.2, 0.25) is 0 Å². The van der Waals surface area contributed by atoms with Crippen LogP contribution in [0.3, 0.4) is 0 Å². The highest BCUT2D eigenvalue weighted by atomic mass is 19.3. The molecule has 0 atom stereocenters. The Morgan fingerprint density at radius 2 is 1.72 bits per heavy atom. The van der Waals surface area contributed by atoms with E-state index in [1.807, 2.05) is 0 Å². The SMILES string of the molecule is CC(C)(C)OC(=O)Nc1cc2c(cc1C(=O)Nc1ccc(F)c(C3CC3)c1)OC(F)(F)O2. The summed E-state index contributed by atoms with van der Waals surface area (Å²) in [7, 11) is 0. The van der Waals surface area contributed by atoms with Gasteiger partial charge < -0.3 is 19.5 Å². The number of carbonyl (C=O) groups is 2. The molecule has 1 aliphatic carbocycles. The van der Waals surface area contributed by atoms with E-state index in [0.717, 1.165) is 25.0 Å². The molecule has 0 bridgehead atoms. The van der Waals surface area contributed by atoms with Crippen molar-refractivity contribution in [2.45, 2.75) is 51.4 Å². The van der Waals surface area contributed by atoms with Crippen LogP contribution in [0.5, 0.6) is 11.5 Å². The quantitative estimate of drug-likeness (QED) is 0.631. The summed E-state index contributed by atoms with van der Waals surface area (Å²) in [6.45, 7) is 4.94. The van der Waals surface area contributed by atoms with E-state index in [1.54, 1.807) is 20.8 Å². The number of carbonyl (C=O) groups excluding carboxylic acids is 2. The molecule has 32 heavy (non-hydrogen) atoms. The third-order valence-electron chi connectivity index (χ3n) is 4.69. The predicted molar refractivity (Wildman–Crippen MR) is 109 cm³/mol. The summed E-state index contributed by atoms with van der Waals surface area (Å²) in [6.07, 6.45) is -3.06. The topological polar surface area (TPSA) is 85.9 Å². The van der Waals surface area contributed by atoms with Crippen LogP contribution in [0.4, 0.5) is 29.3 Å². The molecular weight excluding hydrogens is 429 g/mol. The van der Waals surface area contributed by atoms with Crippen LogP contribution < -0.4 is 20.1 Å². The Balaban J connectivity index is 1.63. The smallest absolute Gasteiger partial charge is 0.444 e. The van der Waals surface area contributed by atoms with Gasteiger partial charge in [0.15, 0.2) is 11.5 Å². The second kappa shape index (κ2) is 7.61. The summed E-state index contributed by atoms with van der Waals surface area (Å²) >= 11 is 0. The molecule has 2 aliphatic rings. The van der Waals surface area contributed by atoms with E-state index in [-0.39, 0.29) is 34.5 Å². The Morgan fingerprint density at radius 3 is 2.34 bits per heavy atom. The molecule has 1 heterocycles. The molecule has 0 saturated heterocycles. The summed E-state index contributed by atoms with van der Waals surface area (Å²) in [5, 5.41) is 4.98. The van der Waals surface area contributed by atoms with Gasteiger partial charge >= 0.3 is 12.4 Å². The van der Waals surface area contributed by atoms with Gasteiger partial charge in [-0.15, -0.1) is 8.78 Å². The van der Waals surface area contributed by atoms with Crippen LogP contribution in [0.1, 0.15) is 55.5 Å². The van der Waals surface area contributed by atoms with Crippen LogP contribution in [-0.4, -0.2) is 23.9 Å². The van der Waals surface area contributed by atoms with Gasteiger partial charge in [-0.3, -0.25) is 10.1 Å². The second-order valence-electron chi connectivity index (χ2n) is 8.60. The van der Waals surface area contributed by atoms with Gasteiger partial charge in [-0.05, 0) is 69.4 Å². The lowest BCUT2D eigenvalue weighted by Crippen LogP contribution is -2.28. The summed E-state index contributed by atoms with van der Waals surface area (Å²) in [5.41, 5.74) is -0.303. The first-order valence-corrected chi connectivity index (χ1v) is 9.95. The normalized spacial score (nSPS) is 16.4. The molecule has 10 heteroatoms. The van der Waals surface area contributed by atoms with Crippen LogP contribution in [0.15, 0.2) is 30.3 Å². The number of fused-ring (bicyclic) bond motifs is 1. The van der Waals surface area contributed by atoms with Crippen molar-refractivity contribution in [1.82, 2.24) is 0 Å². The molecule has 1 aliphatic heterocycles. The zero-order valence-electron chi connectivity index (χ0n) is 17.6. The van der Waals surface area contributed by atoms with Gasteiger partial charge in [-0.2, -0.15) is 0 Å². The lowest BCUT2D eigenvalue weighted by molar-refractivity contribution is -0.286. The van der Waals surface area contributed by atoms with E-state index in [9.17, 15) is 22.8 Å². The lowest BCUT2D eigenvalue weighted by Gasteiger charge is -2.20. The fraction of sp³-hybridized carbons (Fsp3) is 0.364. The van der Waals surface area contributed by atoms with Gasteiger partial charge in [-0.25, -0.2) is 9.18 Å². The Bertz CT molecular complexity index is 1090. The molecule has 2 aromatic rings. The maximum Gasteiger partial charge on any atom is 0.586 e. The minimum Gasteiger partial charge on any atom is -0.444 e. The number of rotatable bonds is 4. The molecule has 1 saturated carbocycles. The van der Waals surface area contributed by atoms with E-state index in [2.05, 4.69) is 20.1 Å². The predicted octanol–water partition coefficient (Wildman–Crippen LogP) is 5.62. The van der Waals surface area contributed by atoms with Crippen LogP contribution >= 0.6 is 0 Å². The number of benzene rings is 2. The number of hydrogen-bond acceptors (Lipinski definition) is 5. The van der Waals surface area contributed by atoms with Crippen molar-refractivity contribution in [3.05, 3.63) is 47.3 Å². The van der Waals surface area contributed by atoms with Crippen molar-refractivity contribution in [1.29, 1.82) is 0 Å². The maximum atomic E-state index is 14.0. The molecule has 0 spiro atoms. The summed E-state index contributed by atoms with van der Waals surface area (Å²) in [6, 6.07) is 6.26. The minimum absolute atomic E-state index is 0.115. The summed E-state index contributed by atoms with van der Waals surface area (Å²) in [5.74, 6) is -1.69. The van der Waals surface area contributed by atoms with Crippen molar-refractivity contribution < 1.29 is 37.0 Å². The largest absolute Gasteiger partial charge is 0.586 e. The number of anilines is 2. The number of nitrogens with one attached hydrogen (secondary N) is 2.